The molecular weight excluding hydrogens is 156 g/mol. The van der Waals surface area contributed by atoms with Crippen molar-refractivity contribution in [2.24, 2.45) is 5.92 Å². The SMILES string of the molecule is C/C=C/C1CCC/C1=C\C=C(C)C. The average Bonchev–Trinajstić information content (AvgIpc) is 2.49. The normalized spacial score (nSPS) is 25.8. The summed E-state index contributed by atoms with van der Waals surface area (Å²) >= 11 is 0. The van der Waals surface area contributed by atoms with E-state index >= 15 is 0 Å². The Morgan fingerprint density at radius 1 is 1.38 bits per heavy atom. The molecule has 0 nitrogen and oxygen atoms in total. The molecule has 0 aliphatic heterocycles. The lowest BCUT2D eigenvalue weighted by molar-refractivity contribution is 0.764. The molecule has 0 amide bonds. The van der Waals surface area contributed by atoms with Gasteiger partial charge in [-0.1, -0.05) is 35.5 Å². The van der Waals surface area contributed by atoms with Crippen molar-refractivity contribution >= 4 is 0 Å². The van der Waals surface area contributed by atoms with Crippen LogP contribution in [0.2, 0.25) is 0 Å². The molecule has 1 aliphatic rings. The van der Waals surface area contributed by atoms with Crippen molar-refractivity contribution < 1.29 is 0 Å². The molecule has 13 heavy (non-hydrogen) atoms. The average molecular weight is 176 g/mol. The standard InChI is InChI=1S/C13H20/c1-4-6-12-7-5-8-13(12)10-9-11(2)3/h4,6,9-10,12H,5,7-8H2,1-3H3/b6-4+,13-10+. The van der Waals surface area contributed by atoms with Crippen LogP contribution >= 0.6 is 0 Å². The van der Waals surface area contributed by atoms with Gasteiger partial charge in [0.2, 0.25) is 0 Å². The van der Waals surface area contributed by atoms with Crippen LogP contribution in [-0.4, -0.2) is 0 Å². The predicted octanol–water partition coefficient (Wildman–Crippen LogP) is 4.26. The molecule has 0 saturated heterocycles. The lowest BCUT2D eigenvalue weighted by Gasteiger charge is -2.04. The molecule has 0 radical (unpaired) electrons. The highest BCUT2D eigenvalue weighted by Crippen LogP contribution is 2.32. The second-order valence-corrected chi connectivity index (χ2v) is 4.01. The Labute approximate surface area is 82.0 Å². The molecule has 1 aliphatic carbocycles. The van der Waals surface area contributed by atoms with Gasteiger partial charge >= 0.3 is 0 Å². The lowest BCUT2D eigenvalue weighted by Crippen LogP contribution is -1.90. The van der Waals surface area contributed by atoms with E-state index in [4.69, 9.17) is 0 Å². The quantitative estimate of drug-likeness (QED) is 0.552. The van der Waals surface area contributed by atoms with E-state index in [1.54, 1.807) is 5.57 Å². The van der Waals surface area contributed by atoms with Gasteiger partial charge in [0.05, 0.1) is 0 Å². The van der Waals surface area contributed by atoms with Crippen molar-refractivity contribution in [1.82, 2.24) is 0 Å². The molecule has 0 aromatic rings. The second-order valence-electron chi connectivity index (χ2n) is 4.01. The highest BCUT2D eigenvalue weighted by Gasteiger charge is 2.16. The second kappa shape index (κ2) is 5.06. The van der Waals surface area contributed by atoms with Crippen molar-refractivity contribution in [2.75, 3.05) is 0 Å². The fourth-order valence-electron chi connectivity index (χ4n) is 1.83. The smallest absolute Gasteiger partial charge is 0.00202 e. The minimum absolute atomic E-state index is 0.723. The maximum absolute atomic E-state index is 2.33. The molecule has 0 aromatic heterocycles. The first kappa shape index (κ1) is 10.3. The highest BCUT2D eigenvalue weighted by atomic mass is 14.2. The van der Waals surface area contributed by atoms with Gasteiger partial charge in [-0.2, -0.15) is 0 Å². The summed E-state index contributed by atoms with van der Waals surface area (Å²) in [6, 6.07) is 0. The predicted molar refractivity (Wildman–Crippen MR) is 59.7 cm³/mol. The molecule has 1 unspecified atom stereocenters. The van der Waals surface area contributed by atoms with Crippen molar-refractivity contribution in [2.45, 2.75) is 40.0 Å². The van der Waals surface area contributed by atoms with E-state index in [0.717, 1.165) is 5.92 Å². The Kier molecular flexibility index (Phi) is 4.01. The molecule has 0 heteroatoms. The fraction of sp³-hybridized carbons (Fsp3) is 0.538. The van der Waals surface area contributed by atoms with E-state index < -0.39 is 0 Å². The summed E-state index contributed by atoms with van der Waals surface area (Å²) in [5, 5.41) is 0. The van der Waals surface area contributed by atoms with Crippen molar-refractivity contribution in [1.29, 1.82) is 0 Å². The Morgan fingerprint density at radius 3 is 2.77 bits per heavy atom. The minimum atomic E-state index is 0.723. The van der Waals surface area contributed by atoms with Gasteiger partial charge in [0.1, 0.15) is 0 Å². The summed E-state index contributed by atoms with van der Waals surface area (Å²) in [4.78, 5) is 0. The fourth-order valence-corrected chi connectivity index (χ4v) is 1.83. The van der Waals surface area contributed by atoms with Gasteiger partial charge in [0.25, 0.3) is 0 Å². The van der Waals surface area contributed by atoms with Crippen LogP contribution in [0.5, 0.6) is 0 Å². The maximum atomic E-state index is 2.33. The van der Waals surface area contributed by atoms with Crippen molar-refractivity contribution in [3.8, 4) is 0 Å². The van der Waals surface area contributed by atoms with Gasteiger partial charge in [-0.15, -0.1) is 0 Å². The molecule has 0 N–H and O–H groups in total. The van der Waals surface area contributed by atoms with Gasteiger partial charge in [-0.05, 0) is 46.0 Å². The summed E-state index contributed by atoms with van der Waals surface area (Å²) in [7, 11) is 0. The molecule has 0 bridgehead atoms. The third-order valence-electron chi connectivity index (χ3n) is 2.51. The zero-order valence-electron chi connectivity index (χ0n) is 9.01. The summed E-state index contributed by atoms with van der Waals surface area (Å²) in [6.07, 6.45) is 13.0. The van der Waals surface area contributed by atoms with E-state index in [9.17, 15) is 0 Å². The number of allylic oxidation sites excluding steroid dienone is 6. The van der Waals surface area contributed by atoms with Crippen LogP contribution in [0.15, 0.2) is 35.5 Å². The van der Waals surface area contributed by atoms with E-state index in [1.165, 1.54) is 24.8 Å². The molecule has 1 rings (SSSR count). The third kappa shape index (κ3) is 3.22. The zero-order chi connectivity index (χ0) is 9.68. The van der Waals surface area contributed by atoms with E-state index in [2.05, 4.69) is 45.1 Å². The Balaban J connectivity index is 2.67. The van der Waals surface area contributed by atoms with Gasteiger partial charge in [-0.3, -0.25) is 0 Å². The first-order valence-corrected chi connectivity index (χ1v) is 5.21. The number of hydrogen-bond acceptors (Lipinski definition) is 0. The Morgan fingerprint density at radius 2 is 2.15 bits per heavy atom. The van der Waals surface area contributed by atoms with Crippen LogP contribution in [0.1, 0.15) is 40.0 Å². The Hall–Kier alpha value is -0.780. The lowest BCUT2D eigenvalue weighted by atomic mass is 10.0. The molecule has 1 atom stereocenters. The molecule has 0 spiro atoms. The number of rotatable bonds is 2. The van der Waals surface area contributed by atoms with Crippen molar-refractivity contribution in [3.63, 3.8) is 0 Å². The van der Waals surface area contributed by atoms with Crippen LogP contribution in [-0.2, 0) is 0 Å². The van der Waals surface area contributed by atoms with Crippen molar-refractivity contribution in [3.05, 3.63) is 35.5 Å². The molecule has 0 aromatic carbocycles. The molecule has 1 fully saturated rings. The van der Waals surface area contributed by atoms with Gasteiger partial charge < -0.3 is 0 Å². The van der Waals surface area contributed by atoms with Crippen LogP contribution in [0.3, 0.4) is 0 Å². The van der Waals surface area contributed by atoms with Crippen LogP contribution in [0.25, 0.3) is 0 Å². The monoisotopic (exact) mass is 176 g/mol. The summed E-state index contributed by atoms with van der Waals surface area (Å²) in [6.45, 7) is 6.41. The highest BCUT2D eigenvalue weighted by molar-refractivity contribution is 5.23. The van der Waals surface area contributed by atoms with Crippen LogP contribution in [0.4, 0.5) is 0 Å². The number of hydrogen-bond donors (Lipinski definition) is 0. The zero-order valence-corrected chi connectivity index (χ0v) is 9.01. The molecule has 1 saturated carbocycles. The molecule has 0 heterocycles. The topological polar surface area (TPSA) is 0 Å². The Bertz CT molecular complexity index is 237. The van der Waals surface area contributed by atoms with E-state index in [-0.39, 0.29) is 0 Å². The third-order valence-corrected chi connectivity index (χ3v) is 2.51. The largest absolute Gasteiger partial charge is 0.0911 e. The van der Waals surface area contributed by atoms with Gasteiger partial charge in [0.15, 0.2) is 0 Å². The van der Waals surface area contributed by atoms with Crippen LogP contribution < -0.4 is 0 Å². The van der Waals surface area contributed by atoms with E-state index in [1.807, 2.05) is 0 Å². The van der Waals surface area contributed by atoms with Crippen LogP contribution in [0, 0.1) is 5.92 Å². The van der Waals surface area contributed by atoms with Gasteiger partial charge in [0, 0.05) is 0 Å². The maximum Gasteiger partial charge on any atom is -0.00202 e. The summed E-state index contributed by atoms with van der Waals surface area (Å²) in [5.74, 6) is 0.723. The molecule has 72 valence electrons. The van der Waals surface area contributed by atoms with Gasteiger partial charge in [-0.25, -0.2) is 0 Å². The minimum Gasteiger partial charge on any atom is -0.0911 e. The summed E-state index contributed by atoms with van der Waals surface area (Å²) in [5.41, 5.74) is 3.00. The molecular formula is C13H20. The summed E-state index contributed by atoms with van der Waals surface area (Å²) < 4.78 is 0. The first-order chi connectivity index (χ1) is 6.24. The van der Waals surface area contributed by atoms with E-state index in [0.29, 0.717) is 0 Å². The first-order valence-electron chi connectivity index (χ1n) is 5.21.